The highest BCUT2D eigenvalue weighted by atomic mass is 19.1. The van der Waals surface area contributed by atoms with Crippen LogP contribution < -0.4 is 10.6 Å². The molecule has 1 atom stereocenters. The van der Waals surface area contributed by atoms with E-state index < -0.39 is 0 Å². The Hall–Kier alpha value is -2.54. The number of aromatic nitrogens is 4. The number of fused-ring (bicyclic) bond motifs is 1. The van der Waals surface area contributed by atoms with E-state index in [1.54, 1.807) is 16.6 Å². The number of benzene rings is 1. The van der Waals surface area contributed by atoms with Crippen molar-refractivity contribution in [2.75, 3.05) is 18.5 Å². The second-order valence-electron chi connectivity index (χ2n) is 5.35. The molecule has 0 saturated heterocycles. The van der Waals surface area contributed by atoms with Crippen molar-refractivity contribution in [1.29, 1.82) is 0 Å². The van der Waals surface area contributed by atoms with Crippen molar-refractivity contribution in [3.05, 3.63) is 42.2 Å². The normalized spacial score (nSPS) is 12.5. The lowest BCUT2D eigenvalue weighted by Gasteiger charge is -2.20. The number of hydrogen-bond donors (Lipinski definition) is 1. The highest BCUT2D eigenvalue weighted by Crippen LogP contribution is 2.20. The Labute approximate surface area is 127 Å². The minimum atomic E-state index is -0.320. The predicted molar refractivity (Wildman–Crippen MR) is 83.1 cm³/mol. The SMILES string of the molecule is CC(N)CN(C)c1ccc2nnc(-c3cccc(F)c3)n2n1. The van der Waals surface area contributed by atoms with Gasteiger partial charge in [0.2, 0.25) is 0 Å². The summed E-state index contributed by atoms with van der Waals surface area (Å²) in [5.74, 6) is 0.937. The molecule has 2 N–H and O–H groups in total. The molecule has 114 valence electrons. The zero-order chi connectivity index (χ0) is 15.7. The average Bonchev–Trinajstić information content (AvgIpc) is 2.89. The van der Waals surface area contributed by atoms with Gasteiger partial charge in [-0.15, -0.1) is 15.3 Å². The zero-order valence-corrected chi connectivity index (χ0v) is 12.4. The van der Waals surface area contributed by atoms with Crippen molar-refractivity contribution >= 4 is 11.5 Å². The van der Waals surface area contributed by atoms with E-state index in [4.69, 9.17) is 5.73 Å². The Morgan fingerprint density at radius 1 is 1.27 bits per heavy atom. The van der Waals surface area contributed by atoms with Crippen LogP contribution in [0.4, 0.5) is 10.2 Å². The molecule has 0 spiro atoms. The topological polar surface area (TPSA) is 72.3 Å². The van der Waals surface area contributed by atoms with Crippen LogP contribution in [0.2, 0.25) is 0 Å². The smallest absolute Gasteiger partial charge is 0.185 e. The number of hydrogen-bond acceptors (Lipinski definition) is 5. The predicted octanol–water partition coefficient (Wildman–Crippen LogP) is 1.71. The minimum Gasteiger partial charge on any atom is -0.357 e. The van der Waals surface area contributed by atoms with Gasteiger partial charge in [-0.1, -0.05) is 12.1 Å². The highest BCUT2D eigenvalue weighted by Gasteiger charge is 2.12. The average molecular weight is 300 g/mol. The second-order valence-corrected chi connectivity index (χ2v) is 5.35. The third kappa shape index (κ3) is 2.75. The zero-order valence-electron chi connectivity index (χ0n) is 12.4. The molecule has 0 amide bonds. The van der Waals surface area contributed by atoms with Crippen molar-refractivity contribution in [2.45, 2.75) is 13.0 Å². The van der Waals surface area contributed by atoms with Gasteiger partial charge in [-0.25, -0.2) is 4.39 Å². The summed E-state index contributed by atoms with van der Waals surface area (Å²) in [4.78, 5) is 1.96. The van der Waals surface area contributed by atoms with E-state index >= 15 is 0 Å². The van der Waals surface area contributed by atoms with Crippen molar-refractivity contribution in [1.82, 2.24) is 19.8 Å². The maximum Gasteiger partial charge on any atom is 0.185 e. The Morgan fingerprint density at radius 3 is 2.82 bits per heavy atom. The fourth-order valence-corrected chi connectivity index (χ4v) is 2.32. The number of likely N-dealkylation sites (N-methyl/N-ethyl adjacent to an activating group) is 1. The molecule has 1 unspecified atom stereocenters. The molecule has 0 aliphatic heterocycles. The quantitative estimate of drug-likeness (QED) is 0.794. The third-order valence-electron chi connectivity index (χ3n) is 3.28. The van der Waals surface area contributed by atoms with Gasteiger partial charge in [0.1, 0.15) is 11.6 Å². The standard InChI is InChI=1S/C15H17FN6/c1-10(17)9-21(2)14-7-6-13-18-19-15(22(13)20-14)11-4-3-5-12(16)8-11/h3-8,10H,9,17H2,1-2H3. The van der Waals surface area contributed by atoms with Crippen LogP contribution in [0.1, 0.15) is 6.92 Å². The van der Waals surface area contributed by atoms with E-state index in [1.807, 2.05) is 31.0 Å². The van der Waals surface area contributed by atoms with Gasteiger partial charge < -0.3 is 10.6 Å². The molecule has 0 aliphatic rings. The summed E-state index contributed by atoms with van der Waals surface area (Å²) in [5, 5.41) is 12.7. The summed E-state index contributed by atoms with van der Waals surface area (Å²) in [5.41, 5.74) is 7.06. The molecule has 0 radical (unpaired) electrons. The van der Waals surface area contributed by atoms with Crippen LogP contribution in [0.3, 0.4) is 0 Å². The van der Waals surface area contributed by atoms with Gasteiger partial charge in [-0.3, -0.25) is 0 Å². The molecular formula is C15H17FN6. The number of nitrogens with two attached hydrogens (primary N) is 1. The summed E-state index contributed by atoms with van der Waals surface area (Å²) < 4.78 is 15.0. The molecule has 3 rings (SSSR count). The van der Waals surface area contributed by atoms with E-state index in [0.717, 1.165) is 5.82 Å². The summed E-state index contributed by atoms with van der Waals surface area (Å²) in [6, 6.07) is 9.94. The lowest BCUT2D eigenvalue weighted by Crippen LogP contribution is -2.33. The molecule has 0 fully saturated rings. The maximum absolute atomic E-state index is 13.4. The van der Waals surface area contributed by atoms with Crippen molar-refractivity contribution in [3.63, 3.8) is 0 Å². The van der Waals surface area contributed by atoms with Gasteiger partial charge in [-0.05, 0) is 31.2 Å². The second kappa shape index (κ2) is 5.69. The van der Waals surface area contributed by atoms with E-state index in [-0.39, 0.29) is 11.9 Å². The Bertz CT molecular complexity index is 798. The van der Waals surface area contributed by atoms with E-state index in [2.05, 4.69) is 15.3 Å². The van der Waals surface area contributed by atoms with E-state index in [0.29, 0.717) is 23.6 Å². The van der Waals surface area contributed by atoms with Crippen LogP contribution in [-0.4, -0.2) is 39.4 Å². The van der Waals surface area contributed by atoms with E-state index in [9.17, 15) is 4.39 Å². The first kappa shape index (κ1) is 14.4. The molecule has 22 heavy (non-hydrogen) atoms. The molecule has 6 nitrogen and oxygen atoms in total. The minimum absolute atomic E-state index is 0.0334. The summed E-state index contributed by atoms with van der Waals surface area (Å²) in [6.45, 7) is 2.61. The Kier molecular flexibility index (Phi) is 3.72. The van der Waals surface area contributed by atoms with E-state index in [1.165, 1.54) is 12.1 Å². The maximum atomic E-state index is 13.4. The van der Waals surface area contributed by atoms with Crippen LogP contribution in [0, 0.1) is 5.82 Å². The van der Waals surface area contributed by atoms with Gasteiger partial charge in [0.15, 0.2) is 11.5 Å². The molecule has 0 aliphatic carbocycles. The summed E-state index contributed by atoms with van der Waals surface area (Å²) >= 11 is 0. The largest absolute Gasteiger partial charge is 0.357 e. The summed E-state index contributed by atoms with van der Waals surface area (Å²) in [6.07, 6.45) is 0. The third-order valence-corrected chi connectivity index (χ3v) is 3.28. The Balaban J connectivity index is 2.05. The molecule has 1 aromatic carbocycles. The molecule has 3 aromatic rings. The first-order chi connectivity index (χ1) is 10.5. The number of halogens is 1. The van der Waals surface area contributed by atoms with Crippen molar-refractivity contribution < 1.29 is 4.39 Å². The Morgan fingerprint density at radius 2 is 2.09 bits per heavy atom. The van der Waals surface area contributed by atoms with Crippen LogP contribution in [0.15, 0.2) is 36.4 Å². The fraction of sp³-hybridized carbons (Fsp3) is 0.267. The van der Waals surface area contributed by atoms with Crippen molar-refractivity contribution in [2.24, 2.45) is 5.73 Å². The first-order valence-corrected chi connectivity index (χ1v) is 7.00. The van der Waals surface area contributed by atoms with Crippen LogP contribution in [-0.2, 0) is 0 Å². The van der Waals surface area contributed by atoms with Crippen LogP contribution >= 0.6 is 0 Å². The summed E-state index contributed by atoms with van der Waals surface area (Å²) in [7, 11) is 1.92. The molecule has 0 bridgehead atoms. The first-order valence-electron chi connectivity index (χ1n) is 7.00. The highest BCUT2D eigenvalue weighted by molar-refractivity contribution is 5.59. The molecule has 2 heterocycles. The molecule has 0 saturated carbocycles. The van der Waals surface area contributed by atoms with Crippen LogP contribution in [0.5, 0.6) is 0 Å². The van der Waals surface area contributed by atoms with Crippen LogP contribution in [0.25, 0.3) is 17.0 Å². The lowest BCUT2D eigenvalue weighted by atomic mass is 10.2. The van der Waals surface area contributed by atoms with Gasteiger partial charge in [0.05, 0.1) is 0 Å². The molecule has 2 aromatic heterocycles. The van der Waals surface area contributed by atoms with Gasteiger partial charge in [-0.2, -0.15) is 4.52 Å². The number of anilines is 1. The van der Waals surface area contributed by atoms with Crippen molar-refractivity contribution in [3.8, 4) is 11.4 Å². The number of nitrogens with zero attached hydrogens (tertiary/aromatic N) is 5. The fourth-order valence-electron chi connectivity index (χ4n) is 2.32. The number of rotatable bonds is 4. The monoisotopic (exact) mass is 300 g/mol. The lowest BCUT2D eigenvalue weighted by molar-refractivity contribution is 0.628. The molecule has 7 heteroatoms. The van der Waals surface area contributed by atoms with Gasteiger partial charge >= 0.3 is 0 Å². The molecular weight excluding hydrogens is 283 g/mol. The van der Waals surface area contributed by atoms with Gasteiger partial charge in [0.25, 0.3) is 0 Å². The van der Waals surface area contributed by atoms with Gasteiger partial charge in [0, 0.05) is 25.2 Å².